The molecule has 1 aromatic carbocycles. The van der Waals surface area contributed by atoms with E-state index in [2.05, 4.69) is 20.2 Å². The van der Waals surface area contributed by atoms with Crippen LogP contribution in [0.25, 0.3) is 11.0 Å². The lowest BCUT2D eigenvalue weighted by atomic mass is 9.84. The summed E-state index contributed by atoms with van der Waals surface area (Å²) in [6.07, 6.45) is 3.41. The lowest BCUT2D eigenvalue weighted by molar-refractivity contribution is 0.0699. The number of aromatic amines is 1. The summed E-state index contributed by atoms with van der Waals surface area (Å²) in [6, 6.07) is 5.82. The number of hydrogen-bond donors (Lipinski definition) is 3. The minimum atomic E-state index is -0.931. The molecular formula is C17H22N4O2. The molecule has 0 unspecified atom stereocenters. The molecule has 0 aliphatic carbocycles. The van der Waals surface area contributed by atoms with Gasteiger partial charge >= 0.3 is 5.97 Å². The van der Waals surface area contributed by atoms with Crippen LogP contribution in [0, 0.1) is 5.92 Å². The second-order valence-corrected chi connectivity index (χ2v) is 6.64. The summed E-state index contributed by atoms with van der Waals surface area (Å²) in [5, 5.41) is 12.9. The van der Waals surface area contributed by atoms with Gasteiger partial charge in [-0.1, -0.05) is 6.07 Å². The van der Waals surface area contributed by atoms with E-state index in [9.17, 15) is 9.90 Å². The molecule has 0 saturated carbocycles. The Morgan fingerprint density at radius 3 is 2.91 bits per heavy atom. The Balaban J connectivity index is 1.40. The summed E-state index contributed by atoms with van der Waals surface area (Å²) < 4.78 is 0. The Labute approximate surface area is 134 Å². The highest BCUT2D eigenvalue weighted by molar-refractivity contribution is 6.00. The van der Waals surface area contributed by atoms with Gasteiger partial charge in [0.15, 0.2) is 0 Å². The molecule has 1 aromatic heterocycles. The maximum absolute atomic E-state index is 11.2. The summed E-state index contributed by atoms with van der Waals surface area (Å²) in [5.74, 6) is 0.732. The molecule has 2 bridgehead atoms. The van der Waals surface area contributed by atoms with E-state index in [-0.39, 0.29) is 5.56 Å². The molecule has 4 heterocycles. The van der Waals surface area contributed by atoms with Crippen molar-refractivity contribution in [3.05, 3.63) is 29.6 Å². The number of H-pyrrole nitrogens is 1. The van der Waals surface area contributed by atoms with Crippen molar-refractivity contribution in [2.45, 2.75) is 25.3 Å². The van der Waals surface area contributed by atoms with Gasteiger partial charge in [0.1, 0.15) is 11.3 Å². The zero-order chi connectivity index (χ0) is 15.8. The molecule has 23 heavy (non-hydrogen) atoms. The van der Waals surface area contributed by atoms with Gasteiger partial charge in [-0.3, -0.25) is 0 Å². The van der Waals surface area contributed by atoms with Gasteiger partial charge in [-0.25, -0.2) is 9.78 Å². The monoisotopic (exact) mass is 314 g/mol. The molecule has 0 radical (unpaired) electrons. The normalized spacial score (nSPS) is 26.7. The fourth-order valence-electron chi connectivity index (χ4n) is 3.95. The zero-order valence-corrected chi connectivity index (χ0v) is 13.1. The predicted molar refractivity (Wildman–Crippen MR) is 87.7 cm³/mol. The van der Waals surface area contributed by atoms with Crippen molar-refractivity contribution in [3.8, 4) is 0 Å². The number of para-hydroxylation sites is 1. The Morgan fingerprint density at radius 1 is 1.39 bits per heavy atom. The number of nitrogens with zero attached hydrogens (tertiary/aromatic N) is 2. The van der Waals surface area contributed by atoms with E-state index in [1.807, 2.05) is 6.07 Å². The van der Waals surface area contributed by atoms with Crippen molar-refractivity contribution >= 4 is 17.0 Å². The lowest BCUT2D eigenvalue weighted by Crippen LogP contribution is -2.56. The molecule has 6 heteroatoms. The number of rotatable bonds is 5. The van der Waals surface area contributed by atoms with Crippen LogP contribution in [0.4, 0.5) is 0 Å². The predicted octanol–water partition coefficient (Wildman–Crippen LogP) is 1.49. The van der Waals surface area contributed by atoms with E-state index in [0.717, 1.165) is 36.8 Å². The molecule has 1 atom stereocenters. The summed E-state index contributed by atoms with van der Waals surface area (Å²) >= 11 is 0. The Hall–Kier alpha value is -1.92. The average Bonchev–Trinajstić information content (AvgIpc) is 2.98. The number of carboxylic acids is 1. The number of fused-ring (bicyclic) bond motifs is 4. The first-order chi connectivity index (χ1) is 11.2. The van der Waals surface area contributed by atoms with Crippen molar-refractivity contribution in [3.63, 3.8) is 0 Å². The van der Waals surface area contributed by atoms with Gasteiger partial charge in [0, 0.05) is 25.6 Å². The molecule has 3 fully saturated rings. The van der Waals surface area contributed by atoms with Crippen LogP contribution in [-0.2, 0) is 6.42 Å². The van der Waals surface area contributed by atoms with Crippen LogP contribution in [0.5, 0.6) is 0 Å². The van der Waals surface area contributed by atoms with Gasteiger partial charge < -0.3 is 20.3 Å². The first kappa shape index (κ1) is 14.7. The van der Waals surface area contributed by atoms with Crippen molar-refractivity contribution in [1.82, 2.24) is 20.2 Å². The van der Waals surface area contributed by atoms with Crippen molar-refractivity contribution in [2.24, 2.45) is 5.92 Å². The minimum absolute atomic E-state index is 0.260. The third kappa shape index (κ3) is 2.84. The van der Waals surface area contributed by atoms with Crippen LogP contribution in [-0.4, -0.2) is 58.2 Å². The second kappa shape index (κ2) is 5.94. The number of hydrogen-bond acceptors (Lipinski definition) is 4. The van der Waals surface area contributed by atoms with E-state index >= 15 is 0 Å². The van der Waals surface area contributed by atoms with E-state index in [4.69, 9.17) is 0 Å². The van der Waals surface area contributed by atoms with E-state index in [1.54, 1.807) is 12.1 Å². The molecule has 6 nitrogen and oxygen atoms in total. The number of benzene rings is 1. The number of nitrogens with one attached hydrogen (secondary N) is 2. The molecule has 0 amide bonds. The lowest BCUT2D eigenvalue weighted by Gasteiger charge is -2.45. The topological polar surface area (TPSA) is 81.2 Å². The van der Waals surface area contributed by atoms with Crippen molar-refractivity contribution < 1.29 is 9.90 Å². The highest BCUT2D eigenvalue weighted by atomic mass is 16.4. The zero-order valence-electron chi connectivity index (χ0n) is 13.1. The Kier molecular flexibility index (Phi) is 3.79. The summed E-state index contributed by atoms with van der Waals surface area (Å²) in [7, 11) is 0. The Bertz CT molecular complexity index is 718. The molecule has 3 N–H and O–H groups in total. The maximum Gasteiger partial charge on any atom is 0.337 e. The van der Waals surface area contributed by atoms with Crippen LogP contribution in [0.15, 0.2) is 18.2 Å². The van der Waals surface area contributed by atoms with Crippen LogP contribution in [0.3, 0.4) is 0 Å². The number of aromatic nitrogens is 2. The van der Waals surface area contributed by atoms with Gasteiger partial charge in [0.25, 0.3) is 0 Å². The van der Waals surface area contributed by atoms with Crippen molar-refractivity contribution in [2.75, 3.05) is 26.2 Å². The second-order valence-electron chi connectivity index (χ2n) is 6.64. The highest BCUT2D eigenvalue weighted by Gasteiger charge is 2.33. The van der Waals surface area contributed by atoms with Crippen molar-refractivity contribution in [1.29, 1.82) is 0 Å². The van der Waals surface area contributed by atoms with E-state index in [0.29, 0.717) is 11.6 Å². The van der Waals surface area contributed by atoms with Crippen LogP contribution in [0.1, 0.15) is 29.0 Å². The largest absolute Gasteiger partial charge is 0.478 e. The number of aromatic carboxylic acids is 1. The summed E-state index contributed by atoms with van der Waals surface area (Å²) in [6.45, 7) is 4.54. The standard InChI is InChI=1S/C17H22N4O2/c22-17(23)12-2-1-3-13-16(12)20-15(19-13)4-7-18-14-10-21-8-5-11(14)6-9-21/h1-3,11,14,18H,4-10H2,(H,19,20)(H,22,23)/t14-/m1/s1. The molecule has 3 aliphatic heterocycles. The molecule has 3 aliphatic rings. The number of carbonyl (C=O) groups is 1. The van der Waals surface area contributed by atoms with Gasteiger partial charge in [-0.05, 0) is 44.0 Å². The fourth-order valence-corrected chi connectivity index (χ4v) is 3.95. The van der Waals surface area contributed by atoms with Crippen LogP contribution >= 0.6 is 0 Å². The molecule has 3 saturated heterocycles. The smallest absolute Gasteiger partial charge is 0.337 e. The third-order valence-electron chi connectivity index (χ3n) is 5.22. The minimum Gasteiger partial charge on any atom is -0.478 e. The Morgan fingerprint density at radius 2 is 2.22 bits per heavy atom. The molecule has 122 valence electrons. The molecule has 2 aromatic rings. The summed E-state index contributed by atoms with van der Waals surface area (Å²) in [4.78, 5) is 21.5. The van der Waals surface area contributed by atoms with E-state index < -0.39 is 5.97 Å². The molecule has 5 rings (SSSR count). The van der Waals surface area contributed by atoms with Gasteiger partial charge in [0.2, 0.25) is 0 Å². The highest BCUT2D eigenvalue weighted by Crippen LogP contribution is 2.27. The quantitative estimate of drug-likeness (QED) is 0.779. The first-order valence-electron chi connectivity index (χ1n) is 8.37. The SMILES string of the molecule is O=C(O)c1cccc2[nH]c(CCN[C@@H]3CN4CCC3CC4)nc12. The molecule has 0 spiro atoms. The number of piperidine rings is 3. The fraction of sp³-hybridized carbons (Fsp3) is 0.529. The van der Waals surface area contributed by atoms with Gasteiger partial charge in [-0.15, -0.1) is 0 Å². The first-order valence-corrected chi connectivity index (χ1v) is 8.37. The average molecular weight is 314 g/mol. The van der Waals surface area contributed by atoms with Gasteiger partial charge in [0.05, 0.1) is 11.1 Å². The van der Waals surface area contributed by atoms with E-state index in [1.165, 1.54) is 25.9 Å². The van der Waals surface area contributed by atoms with Gasteiger partial charge in [-0.2, -0.15) is 0 Å². The summed E-state index contributed by atoms with van der Waals surface area (Å²) in [5.41, 5.74) is 1.61. The van der Waals surface area contributed by atoms with Crippen LogP contribution < -0.4 is 5.32 Å². The number of imidazole rings is 1. The number of carboxylic acid groups (broad SMARTS) is 1. The maximum atomic E-state index is 11.2. The third-order valence-corrected chi connectivity index (χ3v) is 5.22. The molecular weight excluding hydrogens is 292 g/mol. The van der Waals surface area contributed by atoms with Crippen LogP contribution in [0.2, 0.25) is 0 Å².